The topological polar surface area (TPSA) is 59.9 Å². The van der Waals surface area contributed by atoms with Gasteiger partial charge >= 0.3 is 0 Å². The third-order valence-electron chi connectivity index (χ3n) is 3.40. The van der Waals surface area contributed by atoms with Crippen LogP contribution in [0.15, 0.2) is 12.4 Å². The summed E-state index contributed by atoms with van der Waals surface area (Å²) >= 11 is 0. The normalized spacial score (nSPS) is 20.2. The molecule has 4 heteroatoms. The van der Waals surface area contributed by atoms with Gasteiger partial charge in [-0.2, -0.15) is 0 Å². The molecule has 0 bridgehead atoms. The van der Waals surface area contributed by atoms with Crippen molar-refractivity contribution in [2.45, 2.75) is 45.4 Å². The molecule has 1 saturated carbocycles. The summed E-state index contributed by atoms with van der Waals surface area (Å²) in [6, 6.07) is 1.72. The second-order valence-electron chi connectivity index (χ2n) is 5.11. The highest BCUT2D eigenvalue weighted by molar-refractivity contribution is 6.10. The molecule has 0 spiro atoms. The van der Waals surface area contributed by atoms with E-state index in [0.29, 0.717) is 18.5 Å². The number of rotatable bonds is 3. The van der Waals surface area contributed by atoms with Gasteiger partial charge in [0.05, 0.1) is 5.92 Å². The van der Waals surface area contributed by atoms with Crippen LogP contribution >= 0.6 is 0 Å². The van der Waals surface area contributed by atoms with Crippen LogP contribution in [0.4, 0.5) is 0 Å². The van der Waals surface area contributed by atoms with Crippen molar-refractivity contribution in [1.29, 1.82) is 0 Å². The van der Waals surface area contributed by atoms with Gasteiger partial charge in [0.2, 0.25) is 0 Å². The number of hydrogen-bond donors (Lipinski definition) is 0. The zero-order valence-corrected chi connectivity index (χ0v) is 10.8. The van der Waals surface area contributed by atoms with Crippen LogP contribution in [0.2, 0.25) is 0 Å². The lowest BCUT2D eigenvalue weighted by molar-refractivity contribution is -0.122. The lowest BCUT2D eigenvalue weighted by Crippen LogP contribution is -2.28. The Labute approximate surface area is 107 Å². The minimum atomic E-state index is -0.478. The van der Waals surface area contributed by atoms with E-state index in [1.807, 2.05) is 13.8 Å². The van der Waals surface area contributed by atoms with Crippen LogP contribution < -0.4 is 0 Å². The zero-order chi connectivity index (χ0) is 13.1. The third-order valence-corrected chi connectivity index (χ3v) is 3.40. The Balaban J connectivity index is 2.22. The van der Waals surface area contributed by atoms with Gasteiger partial charge in [-0.05, 0) is 24.8 Å². The number of carbonyl (C=O) groups excluding carboxylic acids is 2. The number of Topliss-reactive ketones (excluding diaryl/α,β-unsaturated/α-hetero) is 2. The molecule has 2 rings (SSSR count). The average molecular weight is 246 g/mol. The molecule has 1 aromatic heterocycles. The number of carbonyl (C=O) groups is 2. The minimum absolute atomic E-state index is 0.0657. The van der Waals surface area contributed by atoms with Gasteiger partial charge in [0.1, 0.15) is 17.8 Å². The van der Waals surface area contributed by atoms with Crippen LogP contribution in [-0.2, 0) is 4.79 Å². The van der Waals surface area contributed by atoms with Gasteiger partial charge < -0.3 is 0 Å². The molecule has 0 N–H and O–H groups in total. The molecule has 1 aliphatic rings. The van der Waals surface area contributed by atoms with E-state index in [0.717, 1.165) is 18.5 Å². The number of ketones is 2. The Bertz CT molecular complexity index is 469. The summed E-state index contributed by atoms with van der Waals surface area (Å²) in [5, 5.41) is 0. The molecule has 0 aromatic carbocycles. The summed E-state index contributed by atoms with van der Waals surface area (Å²) in [4.78, 5) is 32.2. The molecule has 1 aromatic rings. The van der Waals surface area contributed by atoms with Crippen molar-refractivity contribution in [3.63, 3.8) is 0 Å². The fourth-order valence-electron chi connectivity index (χ4n) is 2.26. The lowest BCUT2D eigenvalue weighted by Gasteiger charge is -2.18. The summed E-state index contributed by atoms with van der Waals surface area (Å²) in [5.74, 6) is -0.296. The predicted molar refractivity (Wildman–Crippen MR) is 67.4 cm³/mol. The molecule has 1 atom stereocenters. The van der Waals surface area contributed by atoms with Gasteiger partial charge in [-0.3, -0.25) is 9.59 Å². The molecular weight excluding hydrogens is 228 g/mol. The van der Waals surface area contributed by atoms with Crippen molar-refractivity contribution < 1.29 is 9.59 Å². The maximum atomic E-state index is 12.3. The fraction of sp³-hybridized carbons (Fsp3) is 0.571. The Hall–Kier alpha value is -1.58. The molecule has 96 valence electrons. The molecule has 0 radical (unpaired) electrons. The maximum absolute atomic E-state index is 12.3. The van der Waals surface area contributed by atoms with Crippen molar-refractivity contribution in [3.05, 3.63) is 23.8 Å². The number of aromatic nitrogens is 2. The molecule has 1 fully saturated rings. The van der Waals surface area contributed by atoms with E-state index < -0.39 is 5.92 Å². The fourth-order valence-corrected chi connectivity index (χ4v) is 2.26. The van der Waals surface area contributed by atoms with Crippen molar-refractivity contribution in [3.8, 4) is 0 Å². The van der Waals surface area contributed by atoms with Crippen LogP contribution in [0, 0.1) is 5.92 Å². The lowest BCUT2D eigenvalue weighted by atomic mass is 9.84. The third kappa shape index (κ3) is 2.63. The highest BCUT2D eigenvalue weighted by Crippen LogP contribution is 2.24. The van der Waals surface area contributed by atoms with Crippen molar-refractivity contribution in [1.82, 2.24) is 9.97 Å². The second-order valence-corrected chi connectivity index (χ2v) is 5.11. The van der Waals surface area contributed by atoms with Crippen LogP contribution in [0.25, 0.3) is 0 Å². The number of hydrogen-bond acceptors (Lipinski definition) is 4. The van der Waals surface area contributed by atoms with Crippen LogP contribution in [-0.4, -0.2) is 21.5 Å². The van der Waals surface area contributed by atoms with Gasteiger partial charge in [0.15, 0.2) is 5.78 Å². The van der Waals surface area contributed by atoms with Gasteiger partial charge in [-0.15, -0.1) is 0 Å². The van der Waals surface area contributed by atoms with Crippen molar-refractivity contribution in [2.24, 2.45) is 5.92 Å². The molecule has 1 aliphatic carbocycles. The molecule has 4 nitrogen and oxygen atoms in total. The first-order valence-electron chi connectivity index (χ1n) is 6.48. The Kier molecular flexibility index (Phi) is 3.84. The SMILES string of the molecule is CC(C)c1cc(C(=O)C2CCCCC2=O)ncn1. The summed E-state index contributed by atoms with van der Waals surface area (Å²) in [6.07, 6.45) is 4.46. The number of nitrogens with zero attached hydrogens (tertiary/aromatic N) is 2. The van der Waals surface area contributed by atoms with E-state index in [-0.39, 0.29) is 17.5 Å². The zero-order valence-electron chi connectivity index (χ0n) is 10.8. The van der Waals surface area contributed by atoms with E-state index in [4.69, 9.17) is 0 Å². The van der Waals surface area contributed by atoms with E-state index in [1.165, 1.54) is 6.33 Å². The Morgan fingerprint density at radius 1 is 1.33 bits per heavy atom. The van der Waals surface area contributed by atoms with Gasteiger partial charge in [0, 0.05) is 12.1 Å². The summed E-state index contributed by atoms with van der Waals surface area (Å²) in [7, 11) is 0. The monoisotopic (exact) mass is 246 g/mol. The summed E-state index contributed by atoms with van der Waals surface area (Å²) in [6.45, 7) is 4.03. The predicted octanol–water partition coefficient (Wildman–Crippen LogP) is 2.54. The van der Waals surface area contributed by atoms with E-state index in [1.54, 1.807) is 6.07 Å². The van der Waals surface area contributed by atoms with Crippen LogP contribution in [0.5, 0.6) is 0 Å². The Morgan fingerprint density at radius 2 is 2.11 bits per heavy atom. The average Bonchev–Trinajstić information content (AvgIpc) is 2.38. The minimum Gasteiger partial charge on any atom is -0.299 e. The summed E-state index contributed by atoms with van der Waals surface area (Å²) < 4.78 is 0. The highest BCUT2D eigenvalue weighted by atomic mass is 16.2. The molecule has 1 unspecified atom stereocenters. The molecule has 0 amide bonds. The van der Waals surface area contributed by atoms with Gasteiger partial charge in [-0.1, -0.05) is 20.3 Å². The standard InChI is InChI=1S/C14H18N2O2/c1-9(2)11-7-12(16-8-15-11)14(18)10-5-3-4-6-13(10)17/h7-10H,3-6H2,1-2H3. The van der Waals surface area contributed by atoms with Gasteiger partial charge in [0.25, 0.3) is 0 Å². The first kappa shape index (κ1) is 12.9. The highest BCUT2D eigenvalue weighted by Gasteiger charge is 2.30. The van der Waals surface area contributed by atoms with Crippen LogP contribution in [0.1, 0.15) is 61.6 Å². The first-order valence-corrected chi connectivity index (χ1v) is 6.48. The maximum Gasteiger partial charge on any atom is 0.191 e. The largest absolute Gasteiger partial charge is 0.299 e. The smallest absolute Gasteiger partial charge is 0.191 e. The molecule has 1 heterocycles. The molecular formula is C14H18N2O2. The Morgan fingerprint density at radius 3 is 2.78 bits per heavy atom. The van der Waals surface area contributed by atoms with Gasteiger partial charge in [-0.25, -0.2) is 9.97 Å². The van der Waals surface area contributed by atoms with E-state index >= 15 is 0 Å². The first-order chi connectivity index (χ1) is 8.59. The quantitative estimate of drug-likeness (QED) is 0.607. The molecule has 18 heavy (non-hydrogen) atoms. The van der Waals surface area contributed by atoms with Crippen LogP contribution in [0.3, 0.4) is 0 Å². The van der Waals surface area contributed by atoms with Crippen molar-refractivity contribution in [2.75, 3.05) is 0 Å². The summed E-state index contributed by atoms with van der Waals surface area (Å²) in [5.41, 5.74) is 1.23. The van der Waals surface area contributed by atoms with E-state index in [2.05, 4.69) is 9.97 Å². The molecule has 0 saturated heterocycles. The molecule has 0 aliphatic heterocycles. The second kappa shape index (κ2) is 5.38. The van der Waals surface area contributed by atoms with E-state index in [9.17, 15) is 9.59 Å². The van der Waals surface area contributed by atoms with Crippen molar-refractivity contribution >= 4 is 11.6 Å².